The molecule has 4 rings (SSSR count). The molecule has 0 aliphatic carbocycles. The fraction of sp³-hybridized carbons (Fsp3) is 0.267. The van der Waals surface area contributed by atoms with Gasteiger partial charge in [0.05, 0.1) is 30.3 Å². The zero-order valence-electron chi connectivity index (χ0n) is 12.8. The van der Waals surface area contributed by atoms with Crippen LogP contribution in [-0.4, -0.2) is 50.8 Å². The van der Waals surface area contributed by atoms with Crippen LogP contribution in [0.4, 0.5) is 10.5 Å². The number of carbonyl (C=O) groups is 2. The van der Waals surface area contributed by atoms with Crippen LogP contribution in [0.3, 0.4) is 0 Å². The fourth-order valence-electron chi connectivity index (χ4n) is 2.73. The Morgan fingerprint density at radius 1 is 1.46 bits per heavy atom. The molecule has 2 aromatic heterocycles. The van der Waals surface area contributed by atoms with Crippen LogP contribution in [0.2, 0.25) is 0 Å². The minimum absolute atomic E-state index is 0.155. The van der Waals surface area contributed by atoms with Gasteiger partial charge < -0.3 is 10.1 Å². The summed E-state index contributed by atoms with van der Waals surface area (Å²) < 4.78 is 7.10. The molecule has 1 atom stereocenters. The molecule has 1 saturated heterocycles. The number of nitrogens with one attached hydrogen (secondary N) is 1. The summed E-state index contributed by atoms with van der Waals surface area (Å²) in [7, 11) is 0. The molecule has 24 heavy (non-hydrogen) atoms. The Bertz CT molecular complexity index is 953. The van der Waals surface area contributed by atoms with Gasteiger partial charge in [0, 0.05) is 12.6 Å². The summed E-state index contributed by atoms with van der Waals surface area (Å²) >= 11 is 0. The van der Waals surface area contributed by atoms with Crippen molar-refractivity contribution in [2.24, 2.45) is 0 Å². The predicted molar refractivity (Wildman–Crippen MR) is 84.6 cm³/mol. The van der Waals surface area contributed by atoms with Crippen LogP contribution >= 0.6 is 0 Å². The smallest absolute Gasteiger partial charge is 0.414 e. The van der Waals surface area contributed by atoms with Crippen LogP contribution in [0.5, 0.6) is 0 Å². The maximum absolute atomic E-state index is 12.1. The van der Waals surface area contributed by atoms with E-state index in [1.807, 2.05) is 22.6 Å². The van der Waals surface area contributed by atoms with Gasteiger partial charge in [-0.1, -0.05) is 0 Å². The second kappa shape index (κ2) is 5.44. The topological polar surface area (TPSA) is 102 Å². The molecule has 0 spiro atoms. The molecule has 0 saturated carbocycles. The lowest BCUT2D eigenvalue weighted by molar-refractivity contribution is -0.119. The molecular formula is C15H14N6O3. The van der Waals surface area contributed by atoms with Gasteiger partial charge in [-0.25, -0.2) is 4.79 Å². The zero-order chi connectivity index (χ0) is 16.7. The van der Waals surface area contributed by atoms with Gasteiger partial charge in [-0.05, 0) is 18.2 Å². The maximum Gasteiger partial charge on any atom is 0.414 e. The predicted octanol–water partition coefficient (Wildman–Crippen LogP) is 0.739. The van der Waals surface area contributed by atoms with Crippen molar-refractivity contribution >= 4 is 34.4 Å². The Hall–Kier alpha value is -3.23. The van der Waals surface area contributed by atoms with Crippen molar-refractivity contribution in [3.05, 3.63) is 30.7 Å². The Balaban J connectivity index is 1.63. The molecule has 3 aromatic rings. The van der Waals surface area contributed by atoms with Crippen LogP contribution < -0.4 is 10.2 Å². The van der Waals surface area contributed by atoms with E-state index in [4.69, 9.17) is 4.74 Å². The molecule has 1 fully saturated rings. The molecule has 1 N–H and O–H groups in total. The summed E-state index contributed by atoms with van der Waals surface area (Å²) in [4.78, 5) is 29.0. The number of anilines is 1. The largest absolute Gasteiger partial charge is 0.442 e. The molecule has 1 aliphatic rings. The van der Waals surface area contributed by atoms with Gasteiger partial charge in [0.25, 0.3) is 0 Å². The van der Waals surface area contributed by atoms with Crippen molar-refractivity contribution < 1.29 is 14.3 Å². The number of rotatable bonds is 3. The lowest BCUT2D eigenvalue weighted by atomic mass is 10.2. The van der Waals surface area contributed by atoms with E-state index in [2.05, 4.69) is 20.5 Å². The Kier molecular flexibility index (Phi) is 3.26. The third-order valence-corrected chi connectivity index (χ3v) is 3.88. The number of carbonyl (C=O) groups excluding carboxylic acids is 2. The van der Waals surface area contributed by atoms with E-state index in [0.717, 1.165) is 11.0 Å². The Morgan fingerprint density at radius 2 is 2.33 bits per heavy atom. The number of nitrogens with zero attached hydrogens (tertiary/aromatic N) is 5. The highest BCUT2D eigenvalue weighted by Crippen LogP contribution is 2.25. The van der Waals surface area contributed by atoms with Crippen molar-refractivity contribution in [1.82, 2.24) is 24.9 Å². The number of fused-ring (bicyclic) bond motifs is 3. The molecular weight excluding hydrogens is 312 g/mol. The van der Waals surface area contributed by atoms with Gasteiger partial charge >= 0.3 is 6.09 Å². The lowest BCUT2D eigenvalue weighted by Crippen LogP contribution is -2.33. The maximum atomic E-state index is 12.1. The van der Waals surface area contributed by atoms with Gasteiger partial charge in [-0.15, -0.1) is 10.2 Å². The molecule has 0 unspecified atom stereocenters. The second-order valence-electron chi connectivity index (χ2n) is 5.54. The summed E-state index contributed by atoms with van der Waals surface area (Å²) in [5, 5.41) is 10.5. The molecule has 122 valence electrons. The molecule has 1 aliphatic heterocycles. The third kappa shape index (κ3) is 2.39. The normalized spacial score (nSPS) is 17.5. The number of hydrogen-bond acceptors (Lipinski definition) is 6. The van der Waals surface area contributed by atoms with Crippen LogP contribution in [0.1, 0.15) is 6.92 Å². The number of aromatic nitrogens is 4. The van der Waals surface area contributed by atoms with E-state index in [0.29, 0.717) is 24.4 Å². The first-order valence-corrected chi connectivity index (χ1v) is 7.43. The summed E-state index contributed by atoms with van der Waals surface area (Å²) in [6, 6.07) is 5.50. The zero-order valence-corrected chi connectivity index (χ0v) is 12.8. The monoisotopic (exact) mass is 326 g/mol. The second-order valence-corrected chi connectivity index (χ2v) is 5.54. The van der Waals surface area contributed by atoms with Crippen LogP contribution in [0.25, 0.3) is 16.7 Å². The van der Waals surface area contributed by atoms with Gasteiger partial charge in [-0.3, -0.25) is 19.1 Å². The molecule has 9 heteroatoms. The highest BCUT2D eigenvalue weighted by atomic mass is 16.6. The highest BCUT2D eigenvalue weighted by molar-refractivity contribution is 5.92. The molecule has 2 amide bonds. The third-order valence-electron chi connectivity index (χ3n) is 3.88. The first kappa shape index (κ1) is 14.4. The minimum Gasteiger partial charge on any atom is -0.442 e. The van der Waals surface area contributed by atoms with Crippen molar-refractivity contribution in [3.63, 3.8) is 0 Å². The first-order chi connectivity index (χ1) is 11.6. The summed E-state index contributed by atoms with van der Waals surface area (Å²) in [5.74, 6) is -0.155. The molecule has 9 nitrogen and oxygen atoms in total. The average Bonchev–Trinajstić information content (AvgIpc) is 3.18. The Labute approximate surface area is 136 Å². The summed E-state index contributed by atoms with van der Waals surface area (Å²) in [6.07, 6.45) is 2.44. The van der Waals surface area contributed by atoms with E-state index < -0.39 is 6.09 Å². The van der Waals surface area contributed by atoms with E-state index >= 15 is 0 Å². The Morgan fingerprint density at radius 3 is 3.17 bits per heavy atom. The van der Waals surface area contributed by atoms with Gasteiger partial charge in [0.2, 0.25) is 5.91 Å². The standard InChI is InChI=1S/C15H14N6O3/c1-9(22)16-5-11-7-20(15(23)24-11)10-2-3-13-12(4-10)17-6-14-19-18-8-21(13)14/h2-4,6,8,11H,5,7H2,1H3,(H,16,22)/t11-/m0/s1. The quantitative estimate of drug-likeness (QED) is 0.761. The van der Waals surface area contributed by atoms with E-state index in [9.17, 15) is 9.59 Å². The van der Waals surface area contributed by atoms with Crippen LogP contribution in [-0.2, 0) is 9.53 Å². The first-order valence-electron chi connectivity index (χ1n) is 7.43. The molecule has 1 aromatic carbocycles. The van der Waals surface area contributed by atoms with E-state index in [1.165, 1.54) is 11.8 Å². The van der Waals surface area contributed by atoms with Crippen LogP contribution in [0, 0.1) is 0 Å². The molecule has 0 radical (unpaired) electrons. The number of benzene rings is 1. The van der Waals surface area contributed by atoms with Crippen molar-refractivity contribution in [3.8, 4) is 0 Å². The van der Waals surface area contributed by atoms with Gasteiger partial charge in [0.1, 0.15) is 12.4 Å². The minimum atomic E-state index is -0.435. The number of ether oxygens (including phenoxy) is 1. The number of hydrogen-bond donors (Lipinski definition) is 1. The lowest BCUT2D eigenvalue weighted by Gasteiger charge is -2.13. The highest BCUT2D eigenvalue weighted by Gasteiger charge is 2.32. The fourth-order valence-corrected chi connectivity index (χ4v) is 2.73. The molecule has 0 bridgehead atoms. The number of cyclic esters (lactones) is 1. The van der Waals surface area contributed by atoms with Crippen molar-refractivity contribution in [1.29, 1.82) is 0 Å². The van der Waals surface area contributed by atoms with Crippen LogP contribution in [0.15, 0.2) is 30.7 Å². The summed E-state index contributed by atoms with van der Waals surface area (Å²) in [5.41, 5.74) is 2.92. The van der Waals surface area contributed by atoms with E-state index in [-0.39, 0.29) is 12.0 Å². The van der Waals surface area contributed by atoms with Gasteiger partial charge in [-0.2, -0.15) is 0 Å². The van der Waals surface area contributed by atoms with Gasteiger partial charge in [0.15, 0.2) is 5.65 Å². The van der Waals surface area contributed by atoms with Crippen molar-refractivity contribution in [2.45, 2.75) is 13.0 Å². The average molecular weight is 326 g/mol. The summed E-state index contributed by atoms with van der Waals surface area (Å²) in [6.45, 7) is 2.10. The van der Waals surface area contributed by atoms with Crippen molar-refractivity contribution in [2.75, 3.05) is 18.0 Å². The van der Waals surface area contributed by atoms with E-state index in [1.54, 1.807) is 12.5 Å². The SMILES string of the molecule is CC(=O)NC[C@H]1CN(c2ccc3c(c2)ncc2nncn23)C(=O)O1. The number of amides is 2. The molecule has 3 heterocycles.